The van der Waals surface area contributed by atoms with Gasteiger partial charge < -0.3 is 26.4 Å². The van der Waals surface area contributed by atoms with E-state index in [1.807, 2.05) is 61.2 Å². The number of aliphatic carboxylic acids is 1. The third kappa shape index (κ3) is 15.8. The summed E-state index contributed by atoms with van der Waals surface area (Å²) in [5.74, 6) is -3.10. The summed E-state index contributed by atoms with van der Waals surface area (Å²) in [4.78, 5) is 55.3. The molecule has 9 N–H and O–H groups in total. The van der Waals surface area contributed by atoms with Gasteiger partial charge in [-0.05, 0) is 174 Å². The lowest BCUT2D eigenvalue weighted by molar-refractivity contribution is -0.139. The molecule has 0 radical (unpaired) electrons. The summed E-state index contributed by atoms with van der Waals surface area (Å²) < 4.78 is 125. The minimum Gasteiger partial charge on any atom is -0.480 e. The Hall–Kier alpha value is -7.92. The number of nitrogens with two attached hydrogens (primary N) is 1. The van der Waals surface area contributed by atoms with Crippen LogP contribution in [0.25, 0.3) is 11.2 Å². The van der Waals surface area contributed by atoms with Crippen molar-refractivity contribution in [1.82, 2.24) is 25.3 Å². The van der Waals surface area contributed by atoms with Crippen LogP contribution in [0.2, 0.25) is 0 Å². The summed E-state index contributed by atoms with van der Waals surface area (Å²) >= 11 is 0. The lowest BCUT2D eigenvalue weighted by Crippen LogP contribution is -2.42. The van der Waals surface area contributed by atoms with Crippen LogP contribution in [0.15, 0.2) is 152 Å². The Bertz CT molecular complexity index is 4400. The number of carbonyl (C=O) groups excluding carboxylic acids is 1. The fraction of sp³-hybridized carbons (Fsp3) is 0.365. The standard InChI is InChI=1S/C63H72N8O15S4/c1-62(2)50(47(12-5-7-30-88(78,79)80)48-25-23-45(87(76)77)34-51(48)62)26-19-40-10-9-11-41(20-28-55-63(3,4)52-35-46(90(84,85)86)24-27-54(52)71(55)29-6-8-31-89(81,82)83)49(40)32-38-13-15-39(16-14-38)33-53(60(74)75)68-58(72)42-17-21-43(22-18-42)65-36-44-37-66-57-56(67-44)59(73)70-61(64)69-57/h13-28,34-35,37,47,50,53,65,87H,5-12,29-33,36H2,1-4H3,(H,68,72)(H,74,75)(H,78,79,80)(H,81,82,83)(H,84,85,86)(H3,64,66,69,70,73)/b26-19+,41-20+,55-28+/t47?,50?,53-/m0/s1. The van der Waals surface area contributed by atoms with Crippen molar-refractivity contribution in [1.29, 1.82) is 0 Å². The van der Waals surface area contributed by atoms with Crippen LogP contribution >= 0.6 is 0 Å². The van der Waals surface area contributed by atoms with E-state index in [0.717, 1.165) is 45.5 Å². The molecule has 27 heteroatoms. The molecule has 4 aromatic carbocycles. The molecule has 2 unspecified atom stereocenters. The summed E-state index contributed by atoms with van der Waals surface area (Å²) in [6.45, 7) is 8.48. The van der Waals surface area contributed by atoms with Crippen molar-refractivity contribution < 1.29 is 62.0 Å². The first-order valence-corrected chi connectivity index (χ1v) is 35.1. The van der Waals surface area contributed by atoms with Crippen LogP contribution in [-0.4, -0.2) is 108 Å². The number of thiol groups is 1. The van der Waals surface area contributed by atoms with Gasteiger partial charge >= 0.3 is 5.97 Å². The number of fused-ring (bicyclic) bond motifs is 3. The Labute approximate surface area is 524 Å². The number of benzene rings is 4. The molecule has 23 nitrogen and oxygen atoms in total. The lowest BCUT2D eigenvalue weighted by Gasteiger charge is -2.30. The molecule has 2 aromatic heterocycles. The molecule has 90 heavy (non-hydrogen) atoms. The van der Waals surface area contributed by atoms with Crippen molar-refractivity contribution in [3.05, 3.63) is 187 Å². The first-order valence-electron chi connectivity index (χ1n) is 29.2. The second kappa shape index (κ2) is 26.9. The summed E-state index contributed by atoms with van der Waals surface area (Å²) in [7, 11) is -15.9. The second-order valence-electron chi connectivity index (χ2n) is 24.0. The number of nitrogens with zero attached hydrogens (tertiary/aromatic N) is 4. The number of nitrogens with one attached hydrogen (secondary N) is 3. The highest BCUT2D eigenvalue weighted by molar-refractivity contribution is 7.86. The predicted octanol–water partition coefficient (Wildman–Crippen LogP) is 8.15. The Morgan fingerprint density at radius 3 is 2.19 bits per heavy atom. The van der Waals surface area contributed by atoms with Gasteiger partial charge in [0.05, 0.1) is 39.7 Å². The number of carboxylic acids is 1. The van der Waals surface area contributed by atoms with Crippen molar-refractivity contribution in [2.75, 3.05) is 34.0 Å². The quantitative estimate of drug-likeness (QED) is 0.0148. The Morgan fingerprint density at radius 2 is 1.52 bits per heavy atom. The Kier molecular flexibility index (Phi) is 19.9. The third-order valence-electron chi connectivity index (χ3n) is 17.1. The normalized spacial score (nSPS) is 18.6. The molecule has 3 heterocycles. The molecule has 0 spiro atoms. The van der Waals surface area contributed by atoms with E-state index in [1.165, 1.54) is 18.3 Å². The number of allylic oxidation sites excluding steroid dienone is 8. The van der Waals surface area contributed by atoms with Gasteiger partial charge in [-0.3, -0.25) is 28.2 Å². The van der Waals surface area contributed by atoms with Crippen LogP contribution in [-0.2, 0) is 76.1 Å². The highest BCUT2D eigenvalue weighted by atomic mass is 32.2. The van der Waals surface area contributed by atoms with E-state index in [-0.39, 0.29) is 70.1 Å². The molecule has 478 valence electrons. The number of aromatic amines is 1. The maximum Gasteiger partial charge on any atom is 0.326 e. The number of hydrogen-bond donors (Lipinski definition) is 9. The SMILES string of the molecule is CC1(C)/C(=C\C=C2/CCCC(/C=C/C3C(CCCCS(=O)(=O)O)c4ccc([SH](=O)=O)cc4C3(C)C)=C2Cc2ccc(C[C@H](NC(=O)c3ccc(NCc4cnc5nc(N)[nH]c(=O)c5n4)cc3)C(=O)O)cc2)N(CCCCS(=O)(=O)O)c2ccc(S(=O)(=O)O)cc21. The van der Waals surface area contributed by atoms with Crippen molar-refractivity contribution in [2.24, 2.45) is 5.92 Å². The molecule has 0 fully saturated rings. The molecule has 9 rings (SSSR count). The lowest BCUT2D eigenvalue weighted by atomic mass is 9.74. The molecule has 0 bridgehead atoms. The van der Waals surface area contributed by atoms with Gasteiger partial charge in [0.1, 0.15) is 6.04 Å². The van der Waals surface area contributed by atoms with E-state index in [4.69, 9.17) is 5.73 Å². The third-order valence-corrected chi connectivity index (χ3v) is 20.3. The molecule has 3 atom stereocenters. The summed E-state index contributed by atoms with van der Waals surface area (Å²) in [6.07, 6.45) is 13.9. The zero-order valence-corrected chi connectivity index (χ0v) is 53.3. The highest BCUT2D eigenvalue weighted by Gasteiger charge is 2.45. The molecule has 0 saturated carbocycles. The number of nitrogen functional groups attached to an aromatic ring is 1. The average molecular weight is 1310 g/mol. The number of unbranched alkanes of at least 4 members (excludes halogenated alkanes) is 2. The summed E-state index contributed by atoms with van der Waals surface area (Å²) in [5.41, 5.74) is 13.4. The van der Waals surface area contributed by atoms with Crippen molar-refractivity contribution in [2.45, 2.75) is 131 Å². The molecular weight excluding hydrogens is 1240 g/mol. The van der Waals surface area contributed by atoms with Gasteiger partial charge in [0.2, 0.25) is 5.95 Å². The van der Waals surface area contributed by atoms with Crippen LogP contribution in [0.1, 0.15) is 129 Å². The van der Waals surface area contributed by atoms with Gasteiger partial charge in [0, 0.05) is 41.0 Å². The summed E-state index contributed by atoms with van der Waals surface area (Å²) in [5, 5.41) is 16.2. The highest BCUT2D eigenvalue weighted by Crippen LogP contribution is 2.54. The van der Waals surface area contributed by atoms with Crippen LogP contribution in [0, 0.1) is 5.92 Å². The fourth-order valence-electron chi connectivity index (χ4n) is 12.5. The largest absolute Gasteiger partial charge is 0.480 e. The topological polar surface area (TPSA) is 376 Å². The number of aromatic nitrogens is 4. The van der Waals surface area contributed by atoms with E-state index >= 15 is 0 Å². The smallest absolute Gasteiger partial charge is 0.326 e. The maximum absolute atomic E-state index is 13.5. The second-order valence-corrected chi connectivity index (χ2v) is 29.6. The molecule has 3 aliphatic rings. The Balaban J connectivity index is 1.01. The van der Waals surface area contributed by atoms with Gasteiger partial charge in [0.25, 0.3) is 41.8 Å². The molecular formula is C63H72N8O15S4. The van der Waals surface area contributed by atoms with Crippen LogP contribution in [0.4, 0.5) is 17.3 Å². The van der Waals surface area contributed by atoms with Crippen molar-refractivity contribution in [3.63, 3.8) is 0 Å². The van der Waals surface area contributed by atoms with Crippen LogP contribution in [0.3, 0.4) is 0 Å². The summed E-state index contributed by atoms with van der Waals surface area (Å²) in [6, 6.07) is 22.0. The number of hydrogen-bond acceptors (Lipinski definition) is 17. The number of rotatable bonds is 25. The first kappa shape index (κ1) is 66.5. The van der Waals surface area contributed by atoms with E-state index in [1.54, 1.807) is 42.5 Å². The molecule has 6 aromatic rings. The zero-order chi connectivity index (χ0) is 65.1. The number of carboxylic acid groups (broad SMARTS) is 1. The minimum atomic E-state index is -4.59. The van der Waals surface area contributed by atoms with Gasteiger partial charge in [-0.1, -0.05) is 82.7 Å². The number of anilines is 3. The van der Waals surface area contributed by atoms with E-state index < -0.39 is 86.9 Å². The van der Waals surface area contributed by atoms with Crippen LogP contribution < -0.4 is 26.8 Å². The fourth-order valence-corrected chi connectivity index (χ4v) is 14.6. The first-order chi connectivity index (χ1) is 42.4. The number of carbonyl (C=O) groups is 2. The molecule has 0 saturated heterocycles. The van der Waals surface area contributed by atoms with Gasteiger partial charge in [-0.25, -0.2) is 23.2 Å². The maximum atomic E-state index is 13.5. The Morgan fingerprint density at radius 1 is 0.833 bits per heavy atom. The predicted molar refractivity (Wildman–Crippen MR) is 342 cm³/mol. The molecule has 2 aliphatic carbocycles. The zero-order valence-electron chi connectivity index (χ0n) is 49.9. The molecule has 1 amide bonds. The van der Waals surface area contributed by atoms with E-state index in [9.17, 15) is 66.8 Å². The van der Waals surface area contributed by atoms with E-state index in [0.29, 0.717) is 73.3 Å². The van der Waals surface area contributed by atoms with Gasteiger partial charge in [-0.2, -0.15) is 30.2 Å². The average Bonchev–Trinajstić information content (AvgIpc) is 1.60. The minimum absolute atomic E-state index is 0.0255. The van der Waals surface area contributed by atoms with Gasteiger partial charge in [0.15, 0.2) is 21.9 Å². The van der Waals surface area contributed by atoms with Crippen LogP contribution in [0.5, 0.6) is 0 Å². The number of H-pyrrole nitrogens is 1. The van der Waals surface area contributed by atoms with E-state index in [2.05, 4.69) is 56.6 Å². The van der Waals surface area contributed by atoms with Crippen molar-refractivity contribution >= 4 is 81.4 Å². The molecule has 1 aliphatic heterocycles. The monoisotopic (exact) mass is 1310 g/mol. The number of amides is 1. The van der Waals surface area contributed by atoms with Gasteiger partial charge in [-0.15, -0.1) is 0 Å². The van der Waals surface area contributed by atoms with Crippen molar-refractivity contribution in [3.8, 4) is 0 Å².